The number of furan rings is 1. The highest BCUT2D eigenvalue weighted by molar-refractivity contribution is 6.32. The normalized spacial score (nSPS) is 12.4. The molecule has 3 nitrogen and oxygen atoms in total. The molecule has 9 aromatic carbocycles. The Labute approximate surface area is 315 Å². The Bertz CT molecular complexity index is 3590. The van der Waals surface area contributed by atoms with Crippen molar-refractivity contribution in [3.8, 4) is 44.8 Å². The van der Waals surface area contributed by atoms with E-state index in [0.29, 0.717) is 0 Å². The van der Waals surface area contributed by atoms with Crippen LogP contribution < -0.4 is 0 Å². The summed E-state index contributed by atoms with van der Waals surface area (Å²) in [5.41, 5.74) is 16.3. The summed E-state index contributed by atoms with van der Waals surface area (Å²) in [7, 11) is 0. The first-order valence-electron chi connectivity index (χ1n) is 18.9. The fourth-order valence-electron chi connectivity index (χ4n) is 9.76. The SMILES string of the molecule is c1ccc(-c2cccc(-n3c4ccccc4c4ccc5c6c7c(ccc6n(-c6ccc8c(c6)-c6cccc9cccc-8c69)c5c43)oc3ccccc37)c2)cc1. The van der Waals surface area contributed by atoms with Gasteiger partial charge in [0.2, 0.25) is 0 Å². The molecular formula is C52H30N2O. The number of nitrogens with zero attached hydrogens (tertiary/aromatic N) is 2. The molecule has 0 fully saturated rings. The van der Waals surface area contributed by atoms with Crippen LogP contribution in [0.3, 0.4) is 0 Å². The number of para-hydroxylation sites is 2. The van der Waals surface area contributed by atoms with Crippen molar-refractivity contribution in [3.63, 3.8) is 0 Å². The van der Waals surface area contributed by atoms with Crippen LogP contribution in [-0.2, 0) is 0 Å². The predicted molar refractivity (Wildman–Crippen MR) is 230 cm³/mol. The van der Waals surface area contributed by atoms with E-state index in [9.17, 15) is 0 Å². The summed E-state index contributed by atoms with van der Waals surface area (Å²) in [5.74, 6) is 0. The fraction of sp³-hybridized carbons (Fsp3) is 0. The molecule has 0 saturated carbocycles. The molecule has 3 heterocycles. The Kier molecular flexibility index (Phi) is 5.63. The van der Waals surface area contributed by atoms with Gasteiger partial charge in [0, 0.05) is 43.7 Å². The Morgan fingerprint density at radius 3 is 1.91 bits per heavy atom. The van der Waals surface area contributed by atoms with Crippen molar-refractivity contribution in [2.75, 3.05) is 0 Å². The summed E-state index contributed by atoms with van der Waals surface area (Å²) >= 11 is 0. The van der Waals surface area contributed by atoms with Gasteiger partial charge in [-0.05, 0) is 92.7 Å². The number of hydrogen-bond donors (Lipinski definition) is 0. The predicted octanol–water partition coefficient (Wildman–Crippen LogP) is 14.2. The van der Waals surface area contributed by atoms with Crippen LogP contribution in [0.2, 0.25) is 0 Å². The van der Waals surface area contributed by atoms with E-state index in [1.165, 1.54) is 82.2 Å². The zero-order valence-electron chi connectivity index (χ0n) is 29.6. The van der Waals surface area contributed by atoms with E-state index in [2.05, 4.69) is 191 Å². The van der Waals surface area contributed by atoms with Crippen LogP contribution in [-0.4, -0.2) is 9.13 Å². The van der Waals surface area contributed by atoms with Gasteiger partial charge in [-0.3, -0.25) is 0 Å². The number of aromatic nitrogens is 2. The molecule has 0 bridgehead atoms. The summed E-state index contributed by atoms with van der Waals surface area (Å²) in [6.07, 6.45) is 0. The van der Waals surface area contributed by atoms with E-state index in [-0.39, 0.29) is 0 Å². The standard InChI is InChI=1S/C52H30N2O/c1-2-11-31(12-3-1)33-15-8-16-34(29-33)53-44-21-6-4-17-37(44)40-25-26-42-49-45(27-28-47-50(49)41-18-5-7-22-46(41)55-47)54(52(42)51(40)53)35-23-24-36-38-19-9-13-32-14-10-20-39(48(32)38)43(36)30-35/h1-30H. The molecule has 3 heteroatoms. The van der Waals surface area contributed by atoms with Gasteiger partial charge in [-0.15, -0.1) is 0 Å². The summed E-state index contributed by atoms with van der Waals surface area (Å²) in [5, 5.41) is 9.78. The molecule has 3 aromatic heterocycles. The molecule has 0 spiro atoms. The maximum Gasteiger partial charge on any atom is 0.136 e. The van der Waals surface area contributed by atoms with Crippen molar-refractivity contribution in [2.45, 2.75) is 0 Å². The minimum atomic E-state index is 0.903. The van der Waals surface area contributed by atoms with Crippen LogP contribution in [0.25, 0.3) is 121 Å². The highest BCUT2D eigenvalue weighted by atomic mass is 16.3. The van der Waals surface area contributed by atoms with Gasteiger partial charge in [0.25, 0.3) is 0 Å². The van der Waals surface area contributed by atoms with Gasteiger partial charge >= 0.3 is 0 Å². The zero-order valence-corrected chi connectivity index (χ0v) is 29.6. The fourth-order valence-corrected chi connectivity index (χ4v) is 9.76. The molecule has 55 heavy (non-hydrogen) atoms. The highest BCUT2D eigenvalue weighted by Crippen LogP contribution is 2.50. The first-order valence-corrected chi connectivity index (χ1v) is 18.9. The van der Waals surface area contributed by atoms with Crippen molar-refractivity contribution >= 4 is 76.3 Å². The Morgan fingerprint density at radius 1 is 0.327 bits per heavy atom. The van der Waals surface area contributed by atoms with Gasteiger partial charge in [0.1, 0.15) is 11.2 Å². The summed E-state index contributed by atoms with van der Waals surface area (Å²) in [6, 6.07) is 66.5. The Morgan fingerprint density at radius 2 is 1.02 bits per heavy atom. The van der Waals surface area contributed by atoms with Crippen LogP contribution in [0.4, 0.5) is 0 Å². The monoisotopic (exact) mass is 698 g/mol. The minimum absolute atomic E-state index is 0.903. The molecule has 0 unspecified atom stereocenters. The van der Waals surface area contributed by atoms with Crippen molar-refractivity contribution in [2.24, 2.45) is 0 Å². The van der Waals surface area contributed by atoms with Crippen LogP contribution in [0.5, 0.6) is 0 Å². The first kappa shape index (κ1) is 29.1. The average molecular weight is 699 g/mol. The second-order valence-corrected chi connectivity index (χ2v) is 14.8. The summed E-state index contributed by atoms with van der Waals surface area (Å²) in [6.45, 7) is 0. The molecule has 13 rings (SSSR count). The Balaban J connectivity index is 1.21. The number of hydrogen-bond acceptors (Lipinski definition) is 1. The lowest BCUT2D eigenvalue weighted by atomic mass is 10.0. The lowest BCUT2D eigenvalue weighted by Crippen LogP contribution is -1.99. The van der Waals surface area contributed by atoms with Crippen LogP contribution >= 0.6 is 0 Å². The number of rotatable bonds is 3. The molecule has 0 amide bonds. The molecule has 0 N–H and O–H groups in total. The Hall–Kier alpha value is -7.36. The van der Waals surface area contributed by atoms with E-state index in [1.807, 2.05) is 0 Å². The largest absolute Gasteiger partial charge is 0.456 e. The summed E-state index contributed by atoms with van der Waals surface area (Å²) < 4.78 is 11.5. The molecule has 1 aliphatic carbocycles. The quantitative estimate of drug-likeness (QED) is 0.180. The van der Waals surface area contributed by atoms with Gasteiger partial charge in [-0.2, -0.15) is 0 Å². The molecule has 1 aliphatic rings. The number of benzene rings is 9. The van der Waals surface area contributed by atoms with E-state index in [1.54, 1.807) is 0 Å². The molecule has 0 radical (unpaired) electrons. The smallest absolute Gasteiger partial charge is 0.136 e. The van der Waals surface area contributed by atoms with Crippen molar-refractivity contribution in [3.05, 3.63) is 182 Å². The van der Waals surface area contributed by atoms with Crippen molar-refractivity contribution < 1.29 is 4.42 Å². The van der Waals surface area contributed by atoms with Gasteiger partial charge in [0.15, 0.2) is 0 Å². The third kappa shape index (κ3) is 3.84. The van der Waals surface area contributed by atoms with Gasteiger partial charge in [-0.1, -0.05) is 133 Å². The molecule has 0 aliphatic heterocycles. The molecule has 12 aromatic rings. The topological polar surface area (TPSA) is 23.0 Å². The second kappa shape index (κ2) is 10.6. The first-order chi connectivity index (χ1) is 27.3. The summed E-state index contributed by atoms with van der Waals surface area (Å²) in [4.78, 5) is 0. The van der Waals surface area contributed by atoms with E-state index in [0.717, 1.165) is 38.8 Å². The molecule has 0 saturated heterocycles. The molecular weight excluding hydrogens is 669 g/mol. The van der Waals surface area contributed by atoms with Crippen LogP contribution in [0, 0.1) is 0 Å². The van der Waals surface area contributed by atoms with Gasteiger partial charge in [-0.25, -0.2) is 0 Å². The van der Waals surface area contributed by atoms with Crippen LogP contribution in [0.1, 0.15) is 0 Å². The number of fused-ring (bicyclic) bond motifs is 14. The third-order valence-corrected chi connectivity index (χ3v) is 12.0. The van der Waals surface area contributed by atoms with E-state index >= 15 is 0 Å². The van der Waals surface area contributed by atoms with Gasteiger partial charge in [0.05, 0.1) is 22.1 Å². The van der Waals surface area contributed by atoms with Gasteiger partial charge < -0.3 is 13.6 Å². The van der Waals surface area contributed by atoms with Crippen molar-refractivity contribution in [1.82, 2.24) is 9.13 Å². The maximum atomic E-state index is 6.52. The zero-order chi connectivity index (χ0) is 35.8. The highest BCUT2D eigenvalue weighted by Gasteiger charge is 2.26. The maximum absolute atomic E-state index is 6.52. The lowest BCUT2D eigenvalue weighted by Gasteiger charge is -2.14. The van der Waals surface area contributed by atoms with Crippen molar-refractivity contribution in [1.29, 1.82) is 0 Å². The third-order valence-electron chi connectivity index (χ3n) is 12.0. The second-order valence-electron chi connectivity index (χ2n) is 14.8. The lowest BCUT2D eigenvalue weighted by molar-refractivity contribution is 0.669. The average Bonchev–Trinajstić information content (AvgIpc) is 3.98. The van der Waals surface area contributed by atoms with Crippen LogP contribution in [0.15, 0.2) is 186 Å². The van der Waals surface area contributed by atoms with E-state index < -0.39 is 0 Å². The minimum Gasteiger partial charge on any atom is -0.456 e. The van der Waals surface area contributed by atoms with E-state index in [4.69, 9.17) is 4.42 Å². The molecule has 0 atom stereocenters. The molecule has 254 valence electrons.